The number of anilines is 1. The van der Waals surface area contributed by atoms with Gasteiger partial charge in [-0.1, -0.05) is 27.3 Å². The minimum Gasteiger partial charge on any atom is -0.355 e. The molecule has 2 aromatic heterocycles. The van der Waals surface area contributed by atoms with Crippen molar-refractivity contribution < 1.29 is 4.39 Å². The quantitative estimate of drug-likeness (QED) is 0.719. The molecule has 3 rings (SSSR count). The standard InChI is InChI=1S/C13H10BrFN4S2/c1-7-11(20-6-17-7)5-16-13-19-18-12(21-13)9-4-8(14)2-3-10(9)15/h2-4,6H,5H2,1H3,(H,16,19). The second-order valence-corrected chi connectivity index (χ2v) is 7.08. The Bertz CT molecular complexity index is 771. The molecule has 0 unspecified atom stereocenters. The summed E-state index contributed by atoms with van der Waals surface area (Å²) in [6, 6.07) is 4.77. The average Bonchev–Trinajstić information content (AvgIpc) is 3.08. The van der Waals surface area contributed by atoms with E-state index in [2.05, 4.69) is 36.4 Å². The molecule has 0 aliphatic heterocycles. The van der Waals surface area contributed by atoms with Crippen LogP contribution in [0.1, 0.15) is 10.6 Å². The third-order valence-corrected chi connectivity index (χ3v) is 5.17. The van der Waals surface area contributed by atoms with Crippen LogP contribution in [0.3, 0.4) is 0 Å². The highest BCUT2D eigenvalue weighted by Crippen LogP contribution is 2.30. The Morgan fingerprint density at radius 2 is 2.19 bits per heavy atom. The molecule has 0 atom stereocenters. The summed E-state index contributed by atoms with van der Waals surface area (Å²) >= 11 is 6.25. The number of thiazole rings is 1. The Morgan fingerprint density at radius 1 is 1.33 bits per heavy atom. The molecular formula is C13H10BrFN4S2. The van der Waals surface area contributed by atoms with Gasteiger partial charge in [0.05, 0.1) is 17.7 Å². The van der Waals surface area contributed by atoms with Gasteiger partial charge in [0.15, 0.2) is 5.01 Å². The Labute approximate surface area is 137 Å². The highest BCUT2D eigenvalue weighted by molar-refractivity contribution is 9.10. The second-order valence-electron chi connectivity index (χ2n) is 4.25. The Morgan fingerprint density at radius 3 is 2.95 bits per heavy atom. The Balaban J connectivity index is 1.77. The van der Waals surface area contributed by atoms with Crippen molar-refractivity contribution in [2.24, 2.45) is 0 Å². The fourth-order valence-corrected chi connectivity index (χ4v) is 3.55. The average molecular weight is 385 g/mol. The van der Waals surface area contributed by atoms with E-state index in [1.807, 2.05) is 12.4 Å². The van der Waals surface area contributed by atoms with Gasteiger partial charge in [-0.3, -0.25) is 0 Å². The van der Waals surface area contributed by atoms with Crippen molar-refractivity contribution in [2.45, 2.75) is 13.5 Å². The van der Waals surface area contributed by atoms with Gasteiger partial charge < -0.3 is 5.32 Å². The molecule has 108 valence electrons. The summed E-state index contributed by atoms with van der Waals surface area (Å²) in [5.74, 6) is -0.306. The first-order chi connectivity index (χ1) is 10.1. The zero-order valence-electron chi connectivity index (χ0n) is 10.9. The van der Waals surface area contributed by atoms with Crippen LogP contribution in [-0.2, 0) is 6.54 Å². The molecule has 21 heavy (non-hydrogen) atoms. The van der Waals surface area contributed by atoms with Crippen molar-refractivity contribution >= 4 is 43.7 Å². The van der Waals surface area contributed by atoms with E-state index in [-0.39, 0.29) is 5.82 Å². The van der Waals surface area contributed by atoms with E-state index in [0.717, 1.165) is 15.0 Å². The van der Waals surface area contributed by atoms with Gasteiger partial charge in [0, 0.05) is 14.9 Å². The zero-order chi connectivity index (χ0) is 14.8. The SMILES string of the molecule is Cc1ncsc1CNc1nnc(-c2cc(Br)ccc2F)s1. The summed E-state index contributed by atoms with van der Waals surface area (Å²) in [5, 5.41) is 12.5. The van der Waals surface area contributed by atoms with Gasteiger partial charge in [0.1, 0.15) is 5.82 Å². The fraction of sp³-hybridized carbons (Fsp3) is 0.154. The van der Waals surface area contributed by atoms with Crippen LogP contribution < -0.4 is 5.32 Å². The molecule has 1 aromatic carbocycles. The molecule has 2 heterocycles. The number of nitrogens with one attached hydrogen (secondary N) is 1. The normalized spacial score (nSPS) is 10.8. The van der Waals surface area contributed by atoms with E-state index >= 15 is 0 Å². The minimum atomic E-state index is -0.306. The van der Waals surface area contributed by atoms with E-state index in [1.165, 1.54) is 17.4 Å². The maximum absolute atomic E-state index is 13.8. The maximum Gasteiger partial charge on any atom is 0.206 e. The van der Waals surface area contributed by atoms with E-state index in [0.29, 0.717) is 22.2 Å². The predicted molar refractivity (Wildman–Crippen MR) is 87.2 cm³/mol. The van der Waals surface area contributed by atoms with Gasteiger partial charge in [0.25, 0.3) is 0 Å². The van der Waals surface area contributed by atoms with Crippen LogP contribution in [0, 0.1) is 12.7 Å². The highest BCUT2D eigenvalue weighted by Gasteiger charge is 2.12. The maximum atomic E-state index is 13.8. The van der Waals surface area contributed by atoms with E-state index in [9.17, 15) is 4.39 Å². The van der Waals surface area contributed by atoms with Crippen molar-refractivity contribution in [3.8, 4) is 10.6 Å². The molecule has 4 nitrogen and oxygen atoms in total. The van der Waals surface area contributed by atoms with Crippen LogP contribution in [0.5, 0.6) is 0 Å². The molecule has 0 aliphatic rings. The van der Waals surface area contributed by atoms with Gasteiger partial charge in [-0.05, 0) is 25.1 Å². The zero-order valence-corrected chi connectivity index (χ0v) is 14.1. The van der Waals surface area contributed by atoms with E-state index < -0.39 is 0 Å². The first-order valence-electron chi connectivity index (χ1n) is 6.05. The molecule has 8 heteroatoms. The first kappa shape index (κ1) is 14.6. The lowest BCUT2D eigenvalue weighted by Gasteiger charge is -2.00. The smallest absolute Gasteiger partial charge is 0.206 e. The summed E-state index contributed by atoms with van der Waals surface area (Å²) < 4.78 is 14.6. The summed E-state index contributed by atoms with van der Waals surface area (Å²) in [5.41, 5.74) is 3.27. The van der Waals surface area contributed by atoms with Crippen LogP contribution in [-0.4, -0.2) is 15.2 Å². The Hall–Kier alpha value is -1.38. The van der Waals surface area contributed by atoms with Gasteiger partial charge in [0.2, 0.25) is 5.13 Å². The van der Waals surface area contributed by atoms with Crippen molar-refractivity contribution in [3.05, 3.63) is 44.6 Å². The summed E-state index contributed by atoms with van der Waals surface area (Å²) in [6.45, 7) is 2.61. The molecule has 0 saturated carbocycles. The number of rotatable bonds is 4. The number of benzene rings is 1. The van der Waals surface area contributed by atoms with Crippen LogP contribution in [0.25, 0.3) is 10.6 Å². The van der Waals surface area contributed by atoms with Crippen LogP contribution in [0.4, 0.5) is 9.52 Å². The fourth-order valence-electron chi connectivity index (χ4n) is 1.72. The molecule has 0 radical (unpaired) electrons. The predicted octanol–water partition coefficient (Wildman–Crippen LogP) is 4.48. The van der Waals surface area contributed by atoms with Gasteiger partial charge >= 0.3 is 0 Å². The van der Waals surface area contributed by atoms with Gasteiger partial charge in [-0.15, -0.1) is 21.5 Å². The molecule has 0 bridgehead atoms. The third kappa shape index (κ3) is 3.28. The molecule has 0 aliphatic carbocycles. The van der Waals surface area contributed by atoms with Crippen molar-refractivity contribution in [1.29, 1.82) is 0 Å². The number of hydrogen-bond donors (Lipinski definition) is 1. The van der Waals surface area contributed by atoms with Crippen molar-refractivity contribution in [2.75, 3.05) is 5.32 Å². The summed E-state index contributed by atoms with van der Waals surface area (Å²) in [4.78, 5) is 5.35. The summed E-state index contributed by atoms with van der Waals surface area (Å²) in [6.07, 6.45) is 0. The monoisotopic (exact) mass is 384 g/mol. The minimum absolute atomic E-state index is 0.306. The summed E-state index contributed by atoms with van der Waals surface area (Å²) in [7, 11) is 0. The van der Waals surface area contributed by atoms with Gasteiger partial charge in [-0.25, -0.2) is 9.37 Å². The highest BCUT2D eigenvalue weighted by atomic mass is 79.9. The molecule has 1 N–H and O–H groups in total. The lowest BCUT2D eigenvalue weighted by atomic mass is 10.2. The Kier molecular flexibility index (Phi) is 4.27. The molecule has 0 amide bonds. The van der Waals surface area contributed by atoms with Crippen molar-refractivity contribution in [1.82, 2.24) is 15.2 Å². The molecule has 3 aromatic rings. The third-order valence-electron chi connectivity index (χ3n) is 2.83. The van der Waals surface area contributed by atoms with Crippen molar-refractivity contribution in [3.63, 3.8) is 0 Å². The lowest BCUT2D eigenvalue weighted by molar-refractivity contribution is 0.630. The van der Waals surface area contributed by atoms with Gasteiger partial charge in [-0.2, -0.15) is 0 Å². The van der Waals surface area contributed by atoms with E-state index in [1.54, 1.807) is 23.5 Å². The topological polar surface area (TPSA) is 50.7 Å². The lowest BCUT2D eigenvalue weighted by Crippen LogP contribution is -1.98. The number of aryl methyl sites for hydroxylation is 1. The van der Waals surface area contributed by atoms with Crippen LogP contribution >= 0.6 is 38.6 Å². The largest absolute Gasteiger partial charge is 0.355 e. The number of hydrogen-bond acceptors (Lipinski definition) is 6. The van der Waals surface area contributed by atoms with E-state index in [4.69, 9.17) is 0 Å². The number of halogens is 2. The molecule has 0 spiro atoms. The number of aromatic nitrogens is 3. The molecular weight excluding hydrogens is 375 g/mol. The molecule has 0 saturated heterocycles. The number of nitrogens with zero attached hydrogens (tertiary/aromatic N) is 3. The van der Waals surface area contributed by atoms with Crippen LogP contribution in [0.2, 0.25) is 0 Å². The second kappa shape index (κ2) is 6.17. The van der Waals surface area contributed by atoms with Crippen LogP contribution in [0.15, 0.2) is 28.2 Å². The molecule has 0 fully saturated rings. The first-order valence-corrected chi connectivity index (χ1v) is 8.54.